The second kappa shape index (κ2) is 6.28. The number of aryl methyl sites for hydroxylation is 2. The molecule has 132 valence electrons. The molecule has 0 heterocycles. The second-order valence-electron chi connectivity index (χ2n) is 8.49. The molecular weight excluding hydrogens is 316 g/mol. The molecular formula is C24H32Si. The van der Waals surface area contributed by atoms with Gasteiger partial charge in [0.05, 0.1) is 9.52 Å². The van der Waals surface area contributed by atoms with Gasteiger partial charge in [0, 0.05) is 10.8 Å². The van der Waals surface area contributed by atoms with E-state index in [-0.39, 0.29) is 10.8 Å². The predicted molar refractivity (Wildman–Crippen MR) is 114 cm³/mol. The standard InChI is InChI=1S/C24H32Si/c1-16-11-12-21(17(2)15-16)25-22-19(4)18(3)20(5)24(22,7)23(6)13-9-8-10-14-23/h8-13,15H,14,25H2,1-7H3. The minimum Gasteiger partial charge on any atom is -0.0837 e. The maximum Gasteiger partial charge on any atom is 0.0843 e. The van der Waals surface area contributed by atoms with E-state index in [1.54, 1.807) is 21.5 Å². The summed E-state index contributed by atoms with van der Waals surface area (Å²) in [5.74, 6) is 0. The first-order valence-electron chi connectivity index (χ1n) is 9.50. The number of hydrogen-bond donors (Lipinski definition) is 0. The van der Waals surface area contributed by atoms with Crippen LogP contribution in [0.3, 0.4) is 0 Å². The van der Waals surface area contributed by atoms with Gasteiger partial charge < -0.3 is 0 Å². The average Bonchev–Trinajstić information content (AvgIpc) is 2.74. The number of rotatable bonds is 3. The molecule has 0 fully saturated rings. The lowest BCUT2D eigenvalue weighted by molar-refractivity contribution is 0.224. The molecule has 0 bridgehead atoms. The van der Waals surface area contributed by atoms with Crippen LogP contribution in [0.15, 0.2) is 64.4 Å². The topological polar surface area (TPSA) is 0 Å². The summed E-state index contributed by atoms with van der Waals surface area (Å²) in [7, 11) is -0.497. The fourth-order valence-electron chi connectivity index (χ4n) is 4.90. The SMILES string of the molecule is CC1=C(C)C(C)(C2(C)C=CC=CC2)C([SiH2]c2ccc(C)cc2C)=C1C. The van der Waals surface area contributed by atoms with Crippen LogP contribution in [-0.2, 0) is 0 Å². The Balaban J connectivity index is 2.10. The van der Waals surface area contributed by atoms with E-state index in [0.717, 1.165) is 6.42 Å². The Kier molecular flexibility index (Phi) is 4.57. The van der Waals surface area contributed by atoms with Crippen molar-refractivity contribution in [3.05, 3.63) is 75.5 Å². The van der Waals surface area contributed by atoms with Crippen LogP contribution in [0.25, 0.3) is 0 Å². The zero-order chi connectivity index (χ0) is 18.4. The summed E-state index contributed by atoms with van der Waals surface area (Å²) in [6.45, 7) is 16.5. The van der Waals surface area contributed by atoms with Gasteiger partial charge in [0.15, 0.2) is 0 Å². The highest BCUT2D eigenvalue weighted by Crippen LogP contribution is 2.59. The Morgan fingerprint density at radius 2 is 1.64 bits per heavy atom. The van der Waals surface area contributed by atoms with Crippen molar-refractivity contribution in [2.24, 2.45) is 10.8 Å². The minimum atomic E-state index is -0.497. The lowest BCUT2D eigenvalue weighted by atomic mass is 9.60. The van der Waals surface area contributed by atoms with Crippen LogP contribution in [0, 0.1) is 24.7 Å². The molecule has 0 saturated heterocycles. The Morgan fingerprint density at radius 3 is 2.24 bits per heavy atom. The van der Waals surface area contributed by atoms with Gasteiger partial charge in [0.1, 0.15) is 0 Å². The summed E-state index contributed by atoms with van der Waals surface area (Å²) >= 11 is 0. The molecule has 2 aliphatic rings. The summed E-state index contributed by atoms with van der Waals surface area (Å²) in [5, 5.41) is 3.35. The van der Waals surface area contributed by atoms with Crippen molar-refractivity contribution in [1.29, 1.82) is 0 Å². The minimum absolute atomic E-state index is 0.145. The van der Waals surface area contributed by atoms with Gasteiger partial charge in [-0.1, -0.05) is 89.0 Å². The van der Waals surface area contributed by atoms with E-state index in [0.29, 0.717) is 0 Å². The molecule has 1 aromatic carbocycles. The van der Waals surface area contributed by atoms with Crippen molar-refractivity contribution < 1.29 is 0 Å². The highest BCUT2D eigenvalue weighted by molar-refractivity contribution is 6.62. The highest BCUT2D eigenvalue weighted by Gasteiger charge is 2.50. The van der Waals surface area contributed by atoms with Crippen LogP contribution in [0.4, 0.5) is 0 Å². The number of hydrogen-bond acceptors (Lipinski definition) is 0. The molecule has 1 aromatic rings. The Bertz CT molecular complexity index is 834. The Morgan fingerprint density at radius 1 is 0.920 bits per heavy atom. The number of benzene rings is 1. The molecule has 0 aromatic heterocycles. The van der Waals surface area contributed by atoms with E-state index in [1.165, 1.54) is 16.7 Å². The van der Waals surface area contributed by atoms with Gasteiger partial charge in [-0.25, -0.2) is 0 Å². The van der Waals surface area contributed by atoms with Crippen molar-refractivity contribution in [3.63, 3.8) is 0 Å². The third-order valence-corrected chi connectivity index (χ3v) is 9.96. The fourth-order valence-corrected chi connectivity index (χ4v) is 7.45. The number of allylic oxidation sites excluding steroid dienone is 8. The van der Waals surface area contributed by atoms with E-state index < -0.39 is 9.52 Å². The summed E-state index contributed by atoms with van der Waals surface area (Å²) in [5.41, 5.74) is 7.83. The monoisotopic (exact) mass is 348 g/mol. The van der Waals surface area contributed by atoms with E-state index in [4.69, 9.17) is 0 Å². The molecule has 0 aliphatic heterocycles. The molecule has 0 spiro atoms. The molecule has 0 N–H and O–H groups in total. The normalized spacial score (nSPS) is 29.6. The van der Waals surface area contributed by atoms with Crippen LogP contribution >= 0.6 is 0 Å². The Hall–Kier alpha value is -1.60. The summed E-state index contributed by atoms with van der Waals surface area (Å²) in [4.78, 5) is 0. The van der Waals surface area contributed by atoms with Gasteiger partial charge >= 0.3 is 0 Å². The highest BCUT2D eigenvalue weighted by atomic mass is 28.2. The molecule has 0 radical (unpaired) electrons. The first kappa shape index (κ1) is 18.2. The van der Waals surface area contributed by atoms with Crippen molar-refractivity contribution in [3.8, 4) is 0 Å². The molecule has 2 unspecified atom stereocenters. The van der Waals surface area contributed by atoms with Crippen molar-refractivity contribution >= 4 is 14.7 Å². The summed E-state index contributed by atoms with van der Waals surface area (Å²) < 4.78 is 0. The van der Waals surface area contributed by atoms with E-state index >= 15 is 0 Å². The van der Waals surface area contributed by atoms with Gasteiger partial charge in [0.25, 0.3) is 0 Å². The van der Waals surface area contributed by atoms with Crippen LogP contribution in [0.5, 0.6) is 0 Å². The van der Waals surface area contributed by atoms with Gasteiger partial charge in [0.2, 0.25) is 0 Å². The van der Waals surface area contributed by atoms with Crippen LogP contribution < -0.4 is 5.19 Å². The van der Waals surface area contributed by atoms with Crippen LogP contribution in [-0.4, -0.2) is 9.52 Å². The maximum atomic E-state index is 2.51. The van der Waals surface area contributed by atoms with Gasteiger partial charge in [-0.05, 0) is 46.6 Å². The zero-order valence-corrected chi connectivity index (χ0v) is 18.4. The van der Waals surface area contributed by atoms with Crippen LogP contribution in [0.2, 0.25) is 0 Å². The van der Waals surface area contributed by atoms with E-state index in [2.05, 4.69) is 91.0 Å². The van der Waals surface area contributed by atoms with E-state index in [9.17, 15) is 0 Å². The second-order valence-corrected chi connectivity index (χ2v) is 10.3. The molecule has 1 heteroatoms. The molecule has 0 nitrogen and oxygen atoms in total. The molecule has 2 aliphatic carbocycles. The largest absolute Gasteiger partial charge is 0.0843 e. The molecule has 2 atom stereocenters. The van der Waals surface area contributed by atoms with E-state index in [1.807, 2.05) is 0 Å². The molecule has 0 saturated carbocycles. The fraction of sp³-hybridized carbons (Fsp3) is 0.417. The first-order chi connectivity index (χ1) is 11.7. The third kappa shape index (κ3) is 2.73. The zero-order valence-electron chi connectivity index (χ0n) is 17.0. The van der Waals surface area contributed by atoms with Crippen LogP contribution in [0.1, 0.15) is 52.2 Å². The quantitative estimate of drug-likeness (QED) is 0.654. The van der Waals surface area contributed by atoms with Gasteiger partial charge in [-0.2, -0.15) is 0 Å². The third-order valence-electron chi connectivity index (χ3n) is 7.19. The van der Waals surface area contributed by atoms with Gasteiger partial charge in [-0.15, -0.1) is 0 Å². The van der Waals surface area contributed by atoms with Gasteiger partial charge in [-0.3, -0.25) is 0 Å². The average molecular weight is 349 g/mol. The molecule has 3 rings (SSSR count). The summed E-state index contributed by atoms with van der Waals surface area (Å²) in [6, 6.07) is 7.03. The van der Waals surface area contributed by atoms with Crippen molar-refractivity contribution in [2.45, 2.75) is 54.9 Å². The molecule has 25 heavy (non-hydrogen) atoms. The smallest absolute Gasteiger partial charge is 0.0837 e. The predicted octanol–water partition coefficient (Wildman–Crippen LogP) is 5.25. The van der Waals surface area contributed by atoms with Crippen molar-refractivity contribution in [1.82, 2.24) is 0 Å². The lowest BCUT2D eigenvalue weighted by Crippen LogP contribution is -2.41. The van der Waals surface area contributed by atoms with Crippen molar-refractivity contribution in [2.75, 3.05) is 0 Å². The Labute approximate surface area is 156 Å². The maximum absolute atomic E-state index is 2.51. The molecule has 0 amide bonds. The first-order valence-corrected chi connectivity index (χ1v) is 10.9. The lowest BCUT2D eigenvalue weighted by Gasteiger charge is -2.47. The summed E-state index contributed by atoms with van der Waals surface area (Å²) in [6.07, 6.45) is 10.4.